The number of amides is 4. The highest BCUT2D eigenvalue weighted by molar-refractivity contribution is 5.95. The first kappa shape index (κ1) is 55.9. The molecule has 16 nitrogen and oxygen atoms in total. The van der Waals surface area contributed by atoms with Crippen LogP contribution in [0, 0.1) is 23.7 Å². The minimum atomic E-state index is -0.290. The van der Waals surface area contributed by atoms with Crippen molar-refractivity contribution in [1.29, 1.82) is 0 Å². The normalized spacial score (nSPS) is 14.9. The number of carbonyl (C=O) groups is 4. The Bertz CT molecular complexity index is 2340. The first-order valence-corrected chi connectivity index (χ1v) is 25.7. The fraction of sp³-hybridized carbons (Fsp3) is 0.600. The summed E-state index contributed by atoms with van der Waals surface area (Å²) in [5.41, 5.74) is 3.61. The zero-order valence-corrected chi connectivity index (χ0v) is 44.6. The number of nitrogens with zero attached hydrogens (tertiary/aromatic N) is 4. The Labute approximate surface area is 422 Å². The predicted octanol–water partition coefficient (Wildman–Crippen LogP) is 9.41. The molecule has 4 aromatic rings. The van der Waals surface area contributed by atoms with Crippen molar-refractivity contribution in [1.82, 2.24) is 40.8 Å². The summed E-state index contributed by atoms with van der Waals surface area (Å²) in [7, 11) is 6.45. The minimum absolute atomic E-state index is 0.00886. The molecule has 2 heterocycles. The average molecular weight is 983 g/mol. The summed E-state index contributed by atoms with van der Waals surface area (Å²) in [6, 6.07) is 14.8. The molecule has 16 heteroatoms. The highest BCUT2D eigenvalue weighted by Crippen LogP contribution is 2.41. The van der Waals surface area contributed by atoms with Gasteiger partial charge in [-0.1, -0.05) is 67.5 Å². The van der Waals surface area contributed by atoms with E-state index in [0.717, 1.165) is 61.0 Å². The molecule has 0 saturated heterocycles. The van der Waals surface area contributed by atoms with Gasteiger partial charge in [0.2, 0.25) is 11.8 Å². The molecule has 3 atom stereocenters. The van der Waals surface area contributed by atoms with Gasteiger partial charge in [0.1, 0.15) is 23.0 Å². The van der Waals surface area contributed by atoms with E-state index in [4.69, 9.17) is 24.0 Å². The molecule has 2 aromatic heterocycles. The van der Waals surface area contributed by atoms with Gasteiger partial charge in [0.25, 0.3) is 11.8 Å². The van der Waals surface area contributed by atoms with Gasteiger partial charge in [-0.05, 0) is 118 Å². The number of carbonyl (C=O) groups excluding carboxylic acids is 4. The number of rotatable bonds is 24. The van der Waals surface area contributed by atoms with Gasteiger partial charge in [0.05, 0.1) is 57.0 Å². The molecule has 0 spiro atoms. The van der Waals surface area contributed by atoms with E-state index in [1.54, 1.807) is 40.6 Å². The van der Waals surface area contributed by atoms with E-state index in [1.807, 2.05) is 45.8 Å². The van der Waals surface area contributed by atoms with Gasteiger partial charge < -0.3 is 40.2 Å². The molecule has 0 bridgehead atoms. The van der Waals surface area contributed by atoms with Crippen LogP contribution >= 0.6 is 0 Å². The number of methoxy groups -OCH3 is 4. The highest BCUT2D eigenvalue weighted by Gasteiger charge is 2.29. The van der Waals surface area contributed by atoms with Crippen LogP contribution in [0.4, 0.5) is 0 Å². The fourth-order valence-electron chi connectivity index (χ4n) is 8.88. The van der Waals surface area contributed by atoms with Crippen LogP contribution in [0.5, 0.6) is 23.0 Å². The van der Waals surface area contributed by atoms with Crippen molar-refractivity contribution in [2.75, 3.05) is 28.4 Å². The van der Waals surface area contributed by atoms with E-state index in [9.17, 15) is 19.2 Å². The lowest BCUT2D eigenvalue weighted by atomic mass is 9.92. The number of nitrogens with one attached hydrogen (secondary N) is 4. The molecule has 6 rings (SSSR count). The van der Waals surface area contributed by atoms with Crippen LogP contribution in [0.1, 0.15) is 154 Å². The molecule has 4 N–H and O–H groups in total. The largest absolute Gasteiger partial charge is 0.496 e. The third-order valence-corrected chi connectivity index (χ3v) is 13.2. The van der Waals surface area contributed by atoms with Crippen molar-refractivity contribution in [3.05, 3.63) is 59.9 Å². The van der Waals surface area contributed by atoms with Crippen molar-refractivity contribution in [3.63, 3.8) is 0 Å². The summed E-state index contributed by atoms with van der Waals surface area (Å²) < 4.78 is 26.2. The number of hydrogen-bond donors (Lipinski definition) is 4. The molecule has 0 radical (unpaired) electrons. The fourth-order valence-corrected chi connectivity index (χ4v) is 8.88. The van der Waals surface area contributed by atoms with Crippen LogP contribution in [0.25, 0.3) is 22.5 Å². The zero-order valence-electron chi connectivity index (χ0n) is 44.6. The lowest BCUT2D eigenvalue weighted by Gasteiger charge is -2.28. The molecule has 4 amide bonds. The Morgan fingerprint density at radius 1 is 0.577 bits per heavy atom. The molecule has 71 heavy (non-hydrogen) atoms. The van der Waals surface area contributed by atoms with Crippen molar-refractivity contribution in [2.45, 2.75) is 163 Å². The molecule has 0 aliphatic heterocycles. The first-order chi connectivity index (χ1) is 33.8. The lowest BCUT2D eigenvalue weighted by molar-refractivity contribution is -0.123. The standard InChI is InChI=1S/C28H42N4O4.C27H40N4O4/c1-17(2)14-21(15-26(33)29-20-10-8-11-20)30-28(34)22-16-23(32(31-22)19(5)18(3)4)27-24(35-6)12-9-13-25(27)36-7;1-17(2)13-20(14-25(32)28-19-9-7-10-19)29-27(33)21-15-22(31(30-21)16-18(3)4)26-23(34-5)11-8-12-24(26)35-6/h9,12-13,16-21H,8,10-11,14-15H2,1-7H3,(H,29,33)(H,30,34);8,11-12,15,17-20H,7,9-10,13-14,16H2,1-6H3,(H,28,32)(H,29,33)/t19?,21-;20-/m00/s1. The number of ether oxygens (including phenoxy) is 4. The molecular formula is C55H82N8O8. The molecule has 2 aliphatic carbocycles. The quantitative estimate of drug-likeness (QED) is 0.0527. The zero-order chi connectivity index (χ0) is 51.9. The smallest absolute Gasteiger partial charge is 0.272 e. The molecule has 2 aliphatic rings. The second-order valence-electron chi connectivity index (χ2n) is 20.8. The third kappa shape index (κ3) is 15.5. The summed E-state index contributed by atoms with van der Waals surface area (Å²) in [5, 5.41) is 21.7. The van der Waals surface area contributed by atoms with Crippen LogP contribution in [-0.4, -0.2) is 95.8 Å². The van der Waals surface area contributed by atoms with Crippen LogP contribution in [0.15, 0.2) is 48.5 Å². The molecule has 2 saturated carbocycles. The predicted molar refractivity (Wildman–Crippen MR) is 278 cm³/mol. The van der Waals surface area contributed by atoms with Gasteiger partial charge in [-0.25, -0.2) is 0 Å². The van der Waals surface area contributed by atoms with Crippen LogP contribution in [0.2, 0.25) is 0 Å². The van der Waals surface area contributed by atoms with Crippen molar-refractivity contribution >= 4 is 23.6 Å². The summed E-state index contributed by atoms with van der Waals surface area (Å²) >= 11 is 0. The minimum Gasteiger partial charge on any atom is -0.496 e. The Hall–Kier alpha value is -6.06. The number of benzene rings is 2. The summed E-state index contributed by atoms with van der Waals surface area (Å²) in [6.07, 6.45) is 8.41. The number of hydrogen-bond acceptors (Lipinski definition) is 10. The Balaban J connectivity index is 0.000000264. The van der Waals surface area contributed by atoms with Gasteiger partial charge >= 0.3 is 0 Å². The average Bonchev–Trinajstić information content (AvgIpc) is 3.92. The maximum Gasteiger partial charge on any atom is 0.272 e. The van der Waals surface area contributed by atoms with E-state index in [-0.39, 0.29) is 72.6 Å². The maximum absolute atomic E-state index is 13.4. The van der Waals surface area contributed by atoms with E-state index in [0.29, 0.717) is 71.5 Å². The lowest BCUT2D eigenvalue weighted by Crippen LogP contribution is -2.44. The SMILES string of the molecule is COc1cccc(OC)c1-c1cc(C(=O)N[C@H](CC(=O)NC2CCC2)CC(C)C)nn1C(C)C(C)C.COc1cccc(OC)c1-c1cc(C(=O)N[C@H](CC(=O)NC2CCC2)CC(C)C)nn1CC(C)C. The highest BCUT2D eigenvalue weighted by atomic mass is 16.5. The Morgan fingerprint density at radius 3 is 1.32 bits per heavy atom. The molecule has 390 valence electrons. The second-order valence-corrected chi connectivity index (χ2v) is 20.8. The number of aromatic nitrogens is 4. The maximum atomic E-state index is 13.4. The van der Waals surface area contributed by atoms with E-state index < -0.39 is 0 Å². The van der Waals surface area contributed by atoms with Gasteiger partial charge in [0, 0.05) is 43.6 Å². The van der Waals surface area contributed by atoms with Crippen LogP contribution in [-0.2, 0) is 16.1 Å². The van der Waals surface area contributed by atoms with E-state index in [1.165, 1.54) is 0 Å². The molecular weight excluding hydrogens is 901 g/mol. The van der Waals surface area contributed by atoms with E-state index in [2.05, 4.69) is 88.7 Å². The van der Waals surface area contributed by atoms with Crippen LogP contribution in [0.3, 0.4) is 0 Å². The van der Waals surface area contributed by atoms with Crippen molar-refractivity contribution in [2.24, 2.45) is 23.7 Å². The van der Waals surface area contributed by atoms with Gasteiger partial charge in [-0.2, -0.15) is 10.2 Å². The Morgan fingerprint density at radius 2 is 0.972 bits per heavy atom. The van der Waals surface area contributed by atoms with Gasteiger partial charge in [0.15, 0.2) is 11.4 Å². The summed E-state index contributed by atoms with van der Waals surface area (Å²) in [5.74, 6) is 3.24. The molecule has 1 unspecified atom stereocenters. The monoisotopic (exact) mass is 983 g/mol. The Kier molecular flexibility index (Phi) is 20.8. The molecule has 2 aromatic carbocycles. The van der Waals surface area contributed by atoms with E-state index >= 15 is 0 Å². The van der Waals surface area contributed by atoms with Gasteiger partial charge in [-0.15, -0.1) is 0 Å². The van der Waals surface area contributed by atoms with Crippen molar-refractivity contribution in [3.8, 4) is 45.5 Å². The van der Waals surface area contributed by atoms with Crippen molar-refractivity contribution < 1.29 is 38.1 Å². The topological polar surface area (TPSA) is 189 Å². The summed E-state index contributed by atoms with van der Waals surface area (Å²) in [4.78, 5) is 51.9. The first-order valence-electron chi connectivity index (χ1n) is 25.7. The summed E-state index contributed by atoms with van der Waals surface area (Å²) in [6.45, 7) is 19.5. The second kappa shape index (κ2) is 26.4. The van der Waals surface area contributed by atoms with Crippen LogP contribution < -0.4 is 40.2 Å². The van der Waals surface area contributed by atoms with Gasteiger partial charge in [-0.3, -0.25) is 28.5 Å². The third-order valence-electron chi connectivity index (χ3n) is 13.2. The molecule has 2 fully saturated rings.